The van der Waals surface area contributed by atoms with Gasteiger partial charge >= 0.3 is 6.03 Å². The van der Waals surface area contributed by atoms with E-state index in [0.29, 0.717) is 6.04 Å². The molecule has 0 bridgehead atoms. The third kappa shape index (κ3) is 3.83. The topological polar surface area (TPSA) is 47.6 Å². The zero-order valence-corrected chi connectivity index (χ0v) is 12.7. The fraction of sp³-hybridized carbons (Fsp3) is 0.929. The summed E-state index contributed by atoms with van der Waals surface area (Å²) in [5.74, 6) is 0. The van der Waals surface area contributed by atoms with Crippen LogP contribution in [0.4, 0.5) is 4.79 Å². The van der Waals surface area contributed by atoms with Crippen molar-refractivity contribution >= 4 is 6.03 Å². The molecule has 0 spiro atoms. The molecule has 2 saturated heterocycles. The van der Waals surface area contributed by atoms with E-state index in [-0.39, 0.29) is 17.5 Å². The SMILES string of the molecule is CN1CCNC(CCN2CC(C(C)(C)C)NC2=O)C1. The van der Waals surface area contributed by atoms with Crippen LogP contribution >= 0.6 is 0 Å². The molecule has 2 amide bonds. The van der Waals surface area contributed by atoms with Gasteiger partial charge < -0.3 is 20.4 Å². The molecule has 0 aromatic heterocycles. The highest BCUT2D eigenvalue weighted by Gasteiger charge is 2.36. The first kappa shape index (κ1) is 14.6. The Bertz CT molecular complexity index is 326. The van der Waals surface area contributed by atoms with Crippen LogP contribution in [0.5, 0.6) is 0 Å². The van der Waals surface area contributed by atoms with Gasteiger partial charge in [0.15, 0.2) is 0 Å². The molecule has 110 valence electrons. The van der Waals surface area contributed by atoms with Gasteiger partial charge in [-0.3, -0.25) is 0 Å². The second-order valence-electron chi connectivity index (χ2n) is 7.02. The van der Waals surface area contributed by atoms with Gasteiger partial charge in [0, 0.05) is 38.8 Å². The maximum atomic E-state index is 12.0. The summed E-state index contributed by atoms with van der Waals surface area (Å²) in [5.41, 5.74) is 0.133. The minimum absolute atomic E-state index is 0.101. The Morgan fingerprint density at radius 2 is 2.05 bits per heavy atom. The molecule has 0 aliphatic carbocycles. The summed E-state index contributed by atoms with van der Waals surface area (Å²) in [6, 6.07) is 0.881. The molecular weight excluding hydrogens is 240 g/mol. The van der Waals surface area contributed by atoms with Gasteiger partial charge in [-0.05, 0) is 18.9 Å². The molecule has 2 fully saturated rings. The summed E-state index contributed by atoms with van der Waals surface area (Å²) in [6.45, 7) is 11.5. The molecule has 0 aromatic carbocycles. The predicted octanol–water partition coefficient (Wildman–Crippen LogP) is 0.720. The van der Waals surface area contributed by atoms with E-state index in [9.17, 15) is 4.79 Å². The number of hydrogen-bond donors (Lipinski definition) is 2. The molecule has 0 saturated carbocycles. The first-order valence-corrected chi connectivity index (χ1v) is 7.33. The van der Waals surface area contributed by atoms with Gasteiger partial charge in [-0.2, -0.15) is 0 Å². The first-order valence-electron chi connectivity index (χ1n) is 7.33. The number of nitrogens with one attached hydrogen (secondary N) is 2. The van der Waals surface area contributed by atoms with Crippen molar-refractivity contribution in [1.29, 1.82) is 0 Å². The number of carbonyl (C=O) groups excluding carboxylic acids is 1. The molecule has 2 aliphatic heterocycles. The Kier molecular flexibility index (Phi) is 4.36. The number of likely N-dealkylation sites (N-methyl/N-ethyl adjacent to an activating group) is 1. The summed E-state index contributed by atoms with van der Waals surface area (Å²) in [5, 5.41) is 6.63. The Balaban J connectivity index is 1.79. The van der Waals surface area contributed by atoms with Crippen LogP contribution in [0.2, 0.25) is 0 Å². The van der Waals surface area contributed by atoms with Crippen LogP contribution in [-0.2, 0) is 0 Å². The van der Waals surface area contributed by atoms with Crippen molar-refractivity contribution in [3.63, 3.8) is 0 Å². The normalized spacial score (nSPS) is 29.7. The van der Waals surface area contributed by atoms with Crippen molar-refractivity contribution in [3.05, 3.63) is 0 Å². The Labute approximate surface area is 116 Å². The highest BCUT2D eigenvalue weighted by Crippen LogP contribution is 2.24. The lowest BCUT2D eigenvalue weighted by atomic mass is 9.87. The lowest BCUT2D eigenvalue weighted by Gasteiger charge is -2.32. The van der Waals surface area contributed by atoms with Crippen LogP contribution in [0.1, 0.15) is 27.2 Å². The van der Waals surface area contributed by atoms with E-state index in [0.717, 1.165) is 39.1 Å². The smallest absolute Gasteiger partial charge is 0.317 e. The summed E-state index contributed by atoms with van der Waals surface area (Å²) >= 11 is 0. The van der Waals surface area contributed by atoms with Gasteiger partial charge in [0.05, 0.1) is 6.04 Å². The third-order valence-corrected chi connectivity index (χ3v) is 4.24. The van der Waals surface area contributed by atoms with Gasteiger partial charge in [0.25, 0.3) is 0 Å². The highest BCUT2D eigenvalue weighted by atomic mass is 16.2. The number of hydrogen-bond acceptors (Lipinski definition) is 3. The average molecular weight is 268 g/mol. The van der Waals surface area contributed by atoms with E-state index in [1.165, 1.54) is 0 Å². The lowest BCUT2D eigenvalue weighted by Crippen LogP contribution is -2.50. The summed E-state index contributed by atoms with van der Waals surface area (Å²) < 4.78 is 0. The zero-order chi connectivity index (χ0) is 14.0. The van der Waals surface area contributed by atoms with E-state index in [2.05, 4.69) is 43.4 Å². The number of rotatable bonds is 3. The van der Waals surface area contributed by atoms with E-state index >= 15 is 0 Å². The van der Waals surface area contributed by atoms with Crippen LogP contribution in [0.15, 0.2) is 0 Å². The number of amides is 2. The van der Waals surface area contributed by atoms with Crippen LogP contribution in [0.25, 0.3) is 0 Å². The molecule has 2 heterocycles. The molecule has 2 N–H and O–H groups in total. The number of urea groups is 1. The van der Waals surface area contributed by atoms with Crippen LogP contribution in [-0.4, -0.2) is 67.7 Å². The molecule has 0 aromatic rings. The monoisotopic (exact) mass is 268 g/mol. The van der Waals surface area contributed by atoms with Gasteiger partial charge in [-0.25, -0.2) is 4.79 Å². The fourth-order valence-corrected chi connectivity index (χ4v) is 2.77. The minimum atomic E-state index is 0.101. The molecule has 2 unspecified atom stereocenters. The van der Waals surface area contributed by atoms with Crippen LogP contribution < -0.4 is 10.6 Å². The van der Waals surface area contributed by atoms with Gasteiger partial charge in [0.2, 0.25) is 0 Å². The van der Waals surface area contributed by atoms with Crippen molar-refractivity contribution in [2.24, 2.45) is 5.41 Å². The van der Waals surface area contributed by atoms with Crippen LogP contribution in [0.3, 0.4) is 0 Å². The standard InChI is InChI=1S/C14H28N4O/c1-14(2,3)12-10-18(13(19)16-12)7-5-11-9-17(4)8-6-15-11/h11-12,15H,5-10H2,1-4H3,(H,16,19). The van der Waals surface area contributed by atoms with E-state index in [1.54, 1.807) is 0 Å². The highest BCUT2D eigenvalue weighted by molar-refractivity contribution is 5.77. The minimum Gasteiger partial charge on any atom is -0.333 e. The molecule has 2 aliphatic rings. The summed E-state index contributed by atoms with van der Waals surface area (Å²) in [6.07, 6.45) is 1.04. The summed E-state index contributed by atoms with van der Waals surface area (Å²) in [7, 11) is 2.16. The molecule has 0 radical (unpaired) electrons. The van der Waals surface area contributed by atoms with Crippen molar-refractivity contribution in [2.45, 2.75) is 39.3 Å². The molecule has 19 heavy (non-hydrogen) atoms. The van der Waals surface area contributed by atoms with E-state index in [4.69, 9.17) is 0 Å². The van der Waals surface area contributed by atoms with Gasteiger partial charge in [0.1, 0.15) is 0 Å². The zero-order valence-electron chi connectivity index (χ0n) is 12.7. The van der Waals surface area contributed by atoms with E-state index in [1.807, 2.05) is 4.90 Å². The lowest BCUT2D eigenvalue weighted by molar-refractivity contribution is 0.200. The van der Waals surface area contributed by atoms with Crippen molar-refractivity contribution < 1.29 is 4.79 Å². The van der Waals surface area contributed by atoms with E-state index < -0.39 is 0 Å². The Morgan fingerprint density at radius 1 is 1.32 bits per heavy atom. The molecule has 2 rings (SSSR count). The van der Waals surface area contributed by atoms with Crippen LogP contribution in [0, 0.1) is 5.41 Å². The van der Waals surface area contributed by atoms with Crippen molar-refractivity contribution in [2.75, 3.05) is 39.8 Å². The maximum Gasteiger partial charge on any atom is 0.317 e. The summed E-state index contributed by atoms with van der Waals surface area (Å²) in [4.78, 5) is 16.3. The van der Waals surface area contributed by atoms with Gasteiger partial charge in [-0.1, -0.05) is 20.8 Å². The molecule has 5 nitrogen and oxygen atoms in total. The quantitative estimate of drug-likeness (QED) is 0.793. The van der Waals surface area contributed by atoms with Gasteiger partial charge in [-0.15, -0.1) is 0 Å². The second kappa shape index (κ2) is 5.67. The van der Waals surface area contributed by atoms with Crippen molar-refractivity contribution in [1.82, 2.24) is 20.4 Å². The largest absolute Gasteiger partial charge is 0.333 e. The van der Waals surface area contributed by atoms with Crippen molar-refractivity contribution in [3.8, 4) is 0 Å². The number of nitrogens with zero attached hydrogens (tertiary/aromatic N) is 2. The Morgan fingerprint density at radius 3 is 2.63 bits per heavy atom. The fourth-order valence-electron chi connectivity index (χ4n) is 2.77. The molecule has 5 heteroatoms. The Hall–Kier alpha value is -0.810. The average Bonchev–Trinajstić information content (AvgIpc) is 2.68. The third-order valence-electron chi connectivity index (χ3n) is 4.24. The number of piperazine rings is 1. The maximum absolute atomic E-state index is 12.0. The first-order chi connectivity index (χ1) is 8.86. The second-order valence-corrected chi connectivity index (χ2v) is 7.02. The molecule has 2 atom stereocenters. The number of carbonyl (C=O) groups is 1. The molecular formula is C14H28N4O. The predicted molar refractivity (Wildman–Crippen MR) is 77.3 cm³/mol.